The fourth-order valence-electron chi connectivity index (χ4n) is 0.827. The van der Waals surface area contributed by atoms with Crippen LogP contribution in [0.25, 0.3) is 0 Å². The van der Waals surface area contributed by atoms with Crippen LogP contribution in [0.4, 0.5) is 0 Å². The van der Waals surface area contributed by atoms with Crippen LogP contribution in [-0.4, -0.2) is 7.11 Å². The van der Waals surface area contributed by atoms with Gasteiger partial charge in [0.15, 0.2) is 6.16 Å². The third kappa shape index (κ3) is 2.32. The number of hydrogen-bond acceptors (Lipinski definition) is 2. The third-order valence-corrected chi connectivity index (χ3v) is 1.99. The molecule has 0 radical (unpaired) electrons. The van der Waals surface area contributed by atoms with Crippen LogP contribution in [-0.2, 0) is 10.7 Å². The van der Waals surface area contributed by atoms with Crippen LogP contribution >= 0.6 is 8.46 Å². The molecule has 2 nitrogen and oxygen atoms in total. The van der Waals surface area contributed by atoms with Crippen molar-refractivity contribution in [3.63, 3.8) is 0 Å². The normalized spacial score (nSPS) is 9.91. The second-order valence-corrected chi connectivity index (χ2v) is 2.81. The highest BCUT2D eigenvalue weighted by Gasteiger charge is 1.96. The molecule has 1 atom stereocenters. The first-order valence-corrected chi connectivity index (χ1v) is 4.46. The Morgan fingerprint density at radius 1 is 1.36 bits per heavy atom. The summed E-state index contributed by atoms with van der Waals surface area (Å²) in [6.45, 7) is 0. The lowest BCUT2D eigenvalue weighted by molar-refractivity contribution is 0.414. The van der Waals surface area contributed by atoms with Crippen molar-refractivity contribution in [3.8, 4) is 5.75 Å². The summed E-state index contributed by atoms with van der Waals surface area (Å²) in [5, 5.41) is 0. The van der Waals surface area contributed by atoms with Crippen LogP contribution in [0.15, 0.2) is 24.3 Å². The van der Waals surface area contributed by atoms with Gasteiger partial charge in [0, 0.05) is 0 Å². The number of benzene rings is 1. The van der Waals surface area contributed by atoms with E-state index >= 15 is 0 Å². The predicted molar refractivity (Wildman–Crippen MR) is 45.7 cm³/mol. The minimum absolute atomic E-state index is 0.258. The molecular weight excluding hydrogens is 159 g/mol. The Bertz CT molecular complexity index is 230. The molecule has 0 aliphatic rings. The van der Waals surface area contributed by atoms with Gasteiger partial charge in [-0.1, -0.05) is 16.7 Å². The number of rotatable bonds is 3. The zero-order valence-electron chi connectivity index (χ0n) is 6.33. The molecular formula is C8H10O2P+. The highest BCUT2D eigenvalue weighted by atomic mass is 31.1. The summed E-state index contributed by atoms with van der Waals surface area (Å²) in [6, 6.07) is 7.58. The van der Waals surface area contributed by atoms with Gasteiger partial charge in [0.1, 0.15) is 5.75 Å². The van der Waals surface area contributed by atoms with Gasteiger partial charge in [-0.15, -0.1) is 0 Å². The van der Waals surface area contributed by atoms with Gasteiger partial charge in [-0.2, -0.15) is 0 Å². The molecule has 0 amide bonds. The molecule has 3 heteroatoms. The molecule has 1 aromatic carbocycles. The van der Waals surface area contributed by atoms with Crippen molar-refractivity contribution in [2.75, 3.05) is 7.11 Å². The minimum Gasteiger partial charge on any atom is -0.497 e. The summed E-state index contributed by atoms with van der Waals surface area (Å²) in [5.74, 6) is 0.836. The van der Waals surface area contributed by atoms with Gasteiger partial charge >= 0.3 is 8.46 Å². The molecule has 0 aliphatic carbocycles. The number of hydrogen-bond donors (Lipinski definition) is 0. The molecule has 58 valence electrons. The van der Waals surface area contributed by atoms with E-state index in [2.05, 4.69) is 0 Å². The van der Waals surface area contributed by atoms with E-state index < -0.39 is 0 Å². The molecule has 1 aromatic rings. The summed E-state index contributed by atoms with van der Waals surface area (Å²) in [6.07, 6.45) is 0.629. The molecule has 0 aliphatic heterocycles. The van der Waals surface area contributed by atoms with Crippen LogP contribution in [0.3, 0.4) is 0 Å². The zero-order valence-corrected chi connectivity index (χ0v) is 7.33. The highest BCUT2D eigenvalue weighted by molar-refractivity contribution is 7.22. The van der Waals surface area contributed by atoms with Gasteiger partial charge in [-0.3, -0.25) is 0 Å². The van der Waals surface area contributed by atoms with Crippen molar-refractivity contribution >= 4 is 8.46 Å². The van der Waals surface area contributed by atoms with Gasteiger partial charge in [0.2, 0.25) is 0 Å². The van der Waals surface area contributed by atoms with Gasteiger partial charge < -0.3 is 4.74 Å². The topological polar surface area (TPSA) is 26.3 Å². The Morgan fingerprint density at radius 2 is 2.00 bits per heavy atom. The number of methoxy groups -OCH3 is 1. The quantitative estimate of drug-likeness (QED) is 0.648. The molecule has 0 bridgehead atoms. The van der Waals surface area contributed by atoms with Crippen LogP contribution in [0, 0.1) is 0 Å². The second-order valence-electron chi connectivity index (χ2n) is 2.17. The van der Waals surface area contributed by atoms with E-state index in [-0.39, 0.29) is 8.46 Å². The zero-order chi connectivity index (χ0) is 8.10. The van der Waals surface area contributed by atoms with Gasteiger partial charge in [-0.25, -0.2) is 0 Å². The Hall–Kier alpha value is -0.880. The molecule has 0 fully saturated rings. The molecule has 1 unspecified atom stereocenters. The van der Waals surface area contributed by atoms with E-state index in [9.17, 15) is 4.57 Å². The summed E-state index contributed by atoms with van der Waals surface area (Å²) < 4.78 is 15.2. The summed E-state index contributed by atoms with van der Waals surface area (Å²) >= 11 is 0. The Kier molecular flexibility index (Phi) is 3.06. The lowest BCUT2D eigenvalue weighted by Crippen LogP contribution is -1.82. The first-order chi connectivity index (χ1) is 5.36. The smallest absolute Gasteiger partial charge is 0.329 e. The van der Waals surface area contributed by atoms with E-state index in [0.29, 0.717) is 6.16 Å². The van der Waals surface area contributed by atoms with Gasteiger partial charge in [0.05, 0.1) is 7.11 Å². The Balaban J connectivity index is 2.74. The van der Waals surface area contributed by atoms with Crippen molar-refractivity contribution in [3.05, 3.63) is 29.8 Å². The van der Waals surface area contributed by atoms with Crippen molar-refractivity contribution in [2.45, 2.75) is 6.16 Å². The SMILES string of the molecule is COc1ccc(C[PH+]=O)cc1. The fraction of sp³-hybridized carbons (Fsp3) is 0.250. The summed E-state index contributed by atoms with van der Waals surface area (Å²) in [5.41, 5.74) is 1.08. The van der Waals surface area contributed by atoms with Crippen LogP contribution in [0.2, 0.25) is 0 Å². The Morgan fingerprint density at radius 3 is 2.45 bits per heavy atom. The largest absolute Gasteiger partial charge is 0.497 e. The first-order valence-electron chi connectivity index (χ1n) is 3.34. The van der Waals surface area contributed by atoms with Crippen molar-refractivity contribution in [1.82, 2.24) is 0 Å². The molecule has 11 heavy (non-hydrogen) atoms. The molecule has 1 rings (SSSR count). The molecule has 0 heterocycles. The summed E-state index contributed by atoms with van der Waals surface area (Å²) in [7, 11) is 1.37. The summed E-state index contributed by atoms with van der Waals surface area (Å²) in [4.78, 5) is 0. The van der Waals surface area contributed by atoms with Crippen LogP contribution < -0.4 is 4.74 Å². The monoisotopic (exact) mass is 169 g/mol. The lowest BCUT2D eigenvalue weighted by Gasteiger charge is -1.97. The predicted octanol–water partition coefficient (Wildman–Crippen LogP) is 2.22. The maximum Gasteiger partial charge on any atom is 0.329 e. The van der Waals surface area contributed by atoms with Crippen molar-refractivity contribution < 1.29 is 9.30 Å². The molecule has 0 N–H and O–H groups in total. The average molecular weight is 169 g/mol. The average Bonchev–Trinajstić information content (AvgIpc) is 2.07. The molecule has 0 saturated carbocycles. The maximum atomic E-state index is 10.3. The highest BCUT2D eigenvalue weighted by Crippen LogP contribution is 2.14. The standard InChI is InChI=1S/C8H9O2P/c1-10-8-4-2-7(3-5-8)6-11-9/h2-5H,6H2,1H3/p+1. The van der Waals surface area contributed by atoms with Crippen molar-refractivity contribution in [1.29, 1.82) is 0 Å². The van der Waals surface area contributed by atoms with Crippen molar-refractivity contribution in [2.24, 2.45) is 0 Å². The van der Waals surface area contributed by atoms with E-state index in [1.807, 2.05) is 24.3 Å². The minimum atomic E-state index is -0.258. The molecule has 0 saturated heterocycles. The van der Waals surface area contributed by atoms with Crippen LogP contribution in [0.1, 0.15) is 5.56 Å². The van der Waals surface area contributed by atoms with Gasteiger partial charge in [-0.05, 0) is 17.7 Å². The fourth-order valence-corrected chi connectivity index (χ4v) is 1.23. The number of ether oxygens (including phenoxy) is 1. The van der Waals surface area contributed by atoms with E-state index in [4.69, 9.17) is 4.74 Å². The maximum absolute atomic E-state index is 10.3. The van der Waals surface area contributed by atoms with Gasteiger partial charge in [0.25, 0.3) is 0 Å². The van der Waals surface area contributed by atoms with Crippen LogP contribution in [0.5, 0.6) is 5.75 Å². The Labute approximate surface area is 67.4 Å². The lowest BCUT2D eigenvalue weighted by atomic mass is 10.2. The van der Waals surface area contributed by atoms with E-state index in [1.54, 1.807) is 7.11 Å². The first kappa shape index (κ1) is 8.22. The van der Waals surface area contributed by atoms with E-state index in [1.165, 1.54) is 0 Å². The molecule has 0 aromatic heterocycles. The molecule has 0 spiro atoms. The second kappa shape index (κ2) is 4.09. The van der Waals surface area contributed by atoms with E-state index in [0.717, 1.165) is 11.3 Å². The third-order valence-electron chi connectivity index (χ3n) is 1.44.